The second kappa shape index (κ2) is 4.47. The Balaban J connectivity index is 2.41. The summed E-state index contributed by atoms with van der Waals surface area (Å²) in [6, 6.07) is 0. The lowest BCUT2D eigenvalue weighted by Crippen LogP contribution is -2.30. The minimum Gasteiger partial charge on any atom is -0.443 e. The SMILES string of the molecule is CC1=C/C(=N/NC(=O)OC(C)(C)C)CC1. The second-order valence-electron chi connectivity index (χ2n) is 4.71. The molecule has 1 amide bonds. The monoisotopic (exact) mass is 210 g/mol. The number of nitrogens with zero attached hydrogens (tertiary/aromatic N) is 1. The van der Waals surface area contributed by atoms with Crippen molar-refractivity contribution >= 4 is 11.8 Å². The zero-order valence-electron chi connectivity index (χ0n) is 9.76. The molecule has 0 radical (unpaired) electrons. The molecule has 0 heterocycles. The molecule has 0 saturated carbocycles. The van der Waals surface area contributed by atoms with E-state index in [0.717, 1.165) is 18.6 Å². The zero-order chi connectivity index (χ0) is 11.5. The number of ether oxygens (including phenoxy) is 1. The molecule has 0 aromatic rings. The summed E-state index contributed by atoms with van der Waals surface area (Å²) in [7, 11) is 0. The molecular weight excluding hydrogens is 192 g/mol. The predicted octanol–water partition coefficient (Wildman–Crippen LogP) is 2.61. The van der Waals surface area contributed by atoms with Crippen LogP contribution in [0.3, 0.4) is 0 Å². The van der Waals surface area contributed by atoms with Crippen molar-refractivity contribution in [2.24, 2.45) is 5.10 Å². The second-order valence-corrected chi connectivity index (χ2v) is 4.71. The molecule has 84 valence electrons. The van der Waals surface area contributed by atoms with E-state index in [1.807, 2.05) is 26.8 Å². The van der Waals surface area contributed by atoms with E-state index < -0.39 is 11.7 Å². The molecule has 1 rings (SSSR count). The standard InChI is InChI=1S/C11H18N2O2/c1-8-5-6-9(7-8)12-13-10(14)15-11(2,3)4/h7H,5-6H2,1-4H3,(H,13,14)/b12-9+. The van der Waals surface area contributed by atoms with Crippen molar-refractivity contribution in [3.63, 3.8) is 0 Å². The Morgan fingerprint density at radius 2 is 2.13 bits per heavy atom. The topological polar surface area (TPSA) is 50.7 Å². The van der Waals surface area contributed by atoms with Crippen molar-refractivity contribution in [1.82, 2.24) is 5.43 Å². The van der Waals surface area contributed by atoms with Crippen LogP contribution in [0.5, 0.6) is 0 Å². The van der Waals surface area contributed by atoms with Gasteiger partial charge in [0.1, 0.15) is 5.60 Å². The number of amides is 1. The average molecular weight is 210 g/mol. The fourth-order valence-corrected chi connectivity index (χ4v) is 1.26. The van der Waals surface area contributed by atoms with Gasteiger partial charge in [0.2, 0.25) is 0 Å². The highest BCUT2D eigenvalue weighted by atomic mass is 16.6. The van der Waals surface area contributed by atoms with Gasteiger partial charge in [-0.25, -0.2) is 10.2 Å². The summed E-state index contributed by atoms with van der Waals surface area (Å²) in [5, 5.41) is 3.97. The van der Waals surface area contributed by atoms with Crippen LogP contribution in [0.2, 0.25) is 0 Å². The summed E-state index contributed by atoms with van der Waals surface area (Å²) in [6.45, 7) is 7.51. The van der Waals surface area contributed by atoms with E-state index in [-0.39, 0.29) is 0 Å². The van der Waals surface area contributed by atoms with Crippen LogP contribution < -0.4 is 5.43 Å². The molecule has 0 spiro atoms. The maximum atomic E-state index is 11.2. The van der Waals surface area contributed by atoms with E-state index >= 15 is 0 Å². The lowest BCUT2D eigenvalue weighted by molar-refractivity contribution is 0.0529. The summed E-state index contributed by atoms with van der Waals surface area (Å²) in [5.41, 5.74) is 4.10. The quantitative estimate of drug-likeness (QED) is 0.676. The lowest BCUT2D eigenvalue weighted by atomic mass is 10.2. The van der Waals surface area contributed by atoms with Crippen LogP contribution in [0.15, 0.2) is 16.8 Å². The van der Waals surface area contributed by atoms with Gasteiger partial charge < -0.3 is 4.74 Å². The molecule has 4 heteroatoms. The molecule has 1 aliphatic carbocycles. The number of hydrazone groups is 1. The van der Waals surface area contributed by atoms with Crippen LogP contribution in [0, 0.1) is 0 Å². The van der Waals surface area contributed by atoms with E-state index in [1.54, 1.807) is 0 Å². The number of carbonyl (C=O) groups is 1. The number of hydrogen-bond acceptors (Lipinski definition) is 3. The maximum Gasteiger partial charge on any atom is 0.428 e. The molecule has 4 nitrogen and oxygen atoms in total. The highest BCUT2D eigenvalue weighted by Gasteiger charge is 2.16. The Morgan fingerprint density at radius 3 is 2.60 bits per heavy atom. The maximum absolute atomic E-state index is 11.2. The van der Waals surface area contributed by atoms with Crippen LogP contribution in [0.1, 0.15) is 40.5 Å². The predicted molar refractivity (Wildman–Crippen MR) is 59.8 cm³/mol. The zero-order valence-corrected chi connectivity index (χ0v) is 9.76. The van der Waals surface area contributed by atoms with Crippen molar-refractivity contribution < 1.29 is 9.53 Å². The molecule has 0 saturated heterocycles. The van der Waals surface area contributed by atoms with Gasteiger partial charge in [-0.3, -0.25) is 0 Å². The van der Waals surface area contributed by atoms with Crippen molar-refractivity contribution in [3.05, 3.63) is 11.6 Å². The molecule has 0 aliphatic heterocycles. The number of hydrogen-bond donors (Lipinski definition) is 1. The van der Waals surface area contributed by atoms with Crippen molar-refractivity contribution in [2.45, 2.75) is 46.1 Å². The third kappa shape index (κ3) is 4.63. The summed E-state index contributed by atoms with van der Waals surface area (Å²) in [4.78, 5) is 11.2. The highest BCUT2D eigenvalue weighted by Crippen LogP contribution is 2.14. The van der Waals surface area contributed by atoms with Crippen molar-refractivity contribution in [3.8, 4) is 0 Å². The summed E-state index contributed by atoms with van der Waals surface area (Å²) < 4.78 is 5.05. The fraction of sp³-hybridized carbons (Fsp3) is 0.636. The molecule has 1 N–H and O–H groups in total. The number of rotatable bonds is 1. The van der Waals surface area contributed by atoms with Crippen LogP contribution in [0.25, 0.3) is 0 Å². The molecule has 0 unspecified atom stereocenters. The van der Waals surface area contributed by atoms with Crippen LogP contribution in [-0.2, 0) is 4.74 Å². The van der Waals surface area contributed by atoms with E-state index in [0.29, 0.717) is 0 Å². The Hall–Kier alpha value is -1.32. The molecule has 0 bridgehead atoms. The summed E-state index contributed by atoms with van der Waals surface area (Å²) >= 11 is 0. The summed E-state index contributed by atoms with van der Waals surface area (Å²) in [5.74, 6) is 0. The first-order valence-electron chi connectivity index (χ1n) is 5.09. The van der Waals surface area contributed by atoms with Gasteiger partial charge in [0.05, 0.1) is 5.71 Å². The van der Waals surface area contributed by atoms with Gasteiger partial charge in [0.25, 0.3) is 0 Å². The van der Waals surface area contributed by atoms with Gasteiger partial charge in [-0.15, -0.1) is 0 Å². The van der Waals surface area contributed by atoms with E-state index in [9.17, 15) is 4.79 Å². The van der Waals surface area contributed by atoms with Crippen LogP contribution >= 0.6 is 0 Å². The Morgan fingerprint density at radius 1 is 1.47 bits per heavy atom. The van der Waals surface area contributed by atoms with Crippen LogP contribution in [-0.4, -0.2) is 17.4 Å². The normalized spacial score (nSPS) is 18.9. The summed E-state index contributed by atoms with van der Waals surface area (Å²) in [6.07, 6.45) is 3.39. The Bertz CT molecular complexity index is 311. The van der Waals surface area contributed by atoms with Gasteiger partial charge in [0, 0.05) is 0 Å². The third-order valence-corrected chi connectivity index (χ3v) is 1.88. The first kappa shape index (κ1) is 11.8. The molecule has 0 atom stereocenters. The van der Waals surface area contributed by atoms with Gasteiger partial charge >= 0.3 is 6.09 Å². The third-order valence-electron chi connectivity index (χ3n) is 1.88. The van der Waals surface area contributed by atoms with Gasteiger partial charge in [0.15, 0.2) is 0 Å². The highest BCUT2D eigenvalue weighted by molar-refractivity contribution is 5.98. The molecule has 0 aromatic heterocycles. The number of carbonyl (C=O) groups excluding carboxylic acids is 1. The number of nitrogens with one attached hydrogen (secondary N) is 1. The Kier molecular flexibility index (Phi) is 3.50. The Labute approximate surface area is 90.4 Å². The lowest BCUT2D eigenvalue weighted by Gasteiger charge is -2.18. The largest absolute Gasteiger partial charge is 0.443 e. The van der Waals surface area contributed by atoms with Gasteiger partial charge in [-0.1, -0.05) is 5.57 Å². The van der Waals surface area contributed by atoms with E-state index in [4.69, 9.17) is 4.74 Å². The van der Waals surface area contributed by atoms with Crippen LogP contribution in [0.4, 0.5) is 4.79 Å². The first-order chi connectivity index (χ1) is 6.87. The van der Waals surface area contributed by atoms with E-state index in [2.05, 4.69) is 17.5 Å². The van der Waals surface area contributed by atoms with Gasteiger partial charge in [-0.05, 0) is 46.6 Å². The van der Waals surface area contributed by atoms with E-state index in [1.165, 1.54) is 5.57 Å². The molecular formula is C11H18N2O2. The minimum absolute atomic E-state index is 0.480. The molecule has 1 aliphatic rings. The molecule has 0 fully saturated rings. The van der Waals surface area contributed by atoms with Crippen molar-refractivity contribution in [2.75, 3.05) is 0 Å². The smallest absolute Gasteiger partial charge is 0.428 e. The molecule has 15 heavy (non-hydrogen) atoms. The number of allylic oxidation sites excluding steroid dienone is 2. The fourth-order valence-electron chi connectivity index (χ4n) is 1.26. The first-order valence-corrected chi connectivity index (χ1v) is 5.09. The molecule has 0 aromatic carbocycles. The average Bonchev–Trinajstić information content (AvgIpc) is 2.45. The van der Waals surface area contributed by atoms with Gasteiger partial charge in [-0.2, -0.15) is 5.10 Å². The van der Waals surface area contributed by atoms with Crippen molar-refractivity contribution in [1.29, 1.82) is 0 Å². The minimum atomic E-state index is -0.507.